The SMILES string of the molecule is C=CCNc1cc(Nc2ncnc(Nc3cc(F)c(Cl)cc3C(C)(C)O)n2)c(OC)cc1N1CCC[C@@H]1CN(C)C. The summed E-state index contributed by atoms with van der Waals surface area (Å²) in [6, 6.07) is 6.97. The van der Waals surface area contributed by atoms with Crippen molar-refractivity contribution in [2.24, 2.45) is 0 Å². The molecule has 1 aliphatic rings. The summed E-state index contributed by atoms with van der Waals surface area (Å²) in [4.78, 5) is 17.5. The molecule has 4 N–H and O–H groups in total. The van der Waals surface area contributed by atoms with Gasteiger partial charge in [-0.15, -0.1) is 6.58 Å². The average Bonchev–Trinajstić information content (AvgIpc) is 3.36. The van der Waals surface area contributed by atoms with E-state index in [1.54, 1.807) is 21.0 Å². The van der Waals surface area contributed by atoms with E-state index < -0.39 is 11.4 Å². The fourth-order valence-electron chi connectivity index (χ4n) is 4.98. The summed E-state index contributed by atoms with van der Waals surface area (Å²) < 4.78 is 20.1. The minimum absolute atomic E-state index is 0.0935. The van der Waals surface area contributed by atoms with E-state index in [1.165, 1.54) is 18.5 Å². The summed E-state index contributed by atoms with van der Waals surface area (Å²) in [7, 11) is 5.80. The highest BCUT2D eigenvalue weighted by molar-refractivity contribution is 6.30. The van der Waals surface area contributed by atoms with E-state index in [2.05, 4.69) is 61.4 Å². The molecule has 0 amide bonds. The number of hydrogen-bond acceptors (Lipinski definition) is 10. The fourth-order valence-corrected chi connectivity index (χ4v) is 5.14. The number of anilines is 6. The van der Waals surface area contributed by atoms with Crippen molar-refractivity contribution in [1.29, 1.82) is 0 Å². The zero-order valence-corrected chi connectivity index (χ0v) is 24.9. The molecule has 10 nitrogen and oxygen atoms in total. The third-order valence-corrected chi connectivity index (χ3v) is 7.09. The molecule has 0 bridgehead atoms. The number of nitrogens with one attached hydrogen (secondary N) is 3. The first-order valence-corrected chi connectivity index (χ1v) is 13.8. The first-order valence-electron chi connectivity index (χ1n) is 13.4. The molecule has 0 spiro atoms. The maximum Gasteiger partial charge on any atom is 0.232 e. The van der Waals surface area contributed by atoms with Gasteiger partial charge in [0.05, 0.1) is 34.8 Å². The second kappa shape index (κ2) is 12.9. The normalized spacial score (nSPS) is 15.2. The van der Waals surface area contributed by atoms with Crippen LogP contribution in [0.3, 0.4) is 0 Å². The number of rotatable bonds is 12. The fraction of sp³-hybridized carbons (Fsp3) is 0.414. The summed E-state index contributed by atoms with van der Waals surface area (Å²) in [6.45, 7) is 9.52. The van der Waals surface area contributed by atoms with Gasteiger partial charge in [0.2, 0.25) is 11.9 Å². The number of benzene rings is 2. The van der Waals surface area contributed by atoms with Gasteiger partial charge in [0, 0.05) is 43.0 Å². The monoisotopic (exact) mass is 584 g/mol. The topological polar surface area (TPSA) is 111 Å². The lowest BCUT2D eigenvalue weighted by Gasteiger charge is -2.31. The molecule has 1 atom stereocenters. The Kier molecular flexibility index (Phi) is 9.52. The predicted octanol–water partition coefficient (Wildman–Crippen LogP) is 5.52. The zero-order valence-electron chi connectivity index (χ0n) is 24.1. The zero-order chi connectivity index (χ0) is 29.7. The van der Waals surface area contributed by atoms with Crippen molar-refractivity contribution < 1.29 is 14.2 Å². The Morgan fingerprint density at radius 2 is 1.88 bits per heavy atom. The second-order valence-corrected chi connectivity index (χ2v) is 11.2. The van der Waals surface area contributed by atoms with Crippen LogP contribution in [0, 0.1) is 5.82 Å². The van der Waals surface area contributed by atoms with Crippen LogP contribution < -0.4 is 25.6 Å². The van der Waals surface area contributed by atoms with E-state index >= 15 is 0 Å². The van der Waals surface area contributed by atoms with Crippen molar-refractivity contribution in [3.8, 4) is 5.75 Å². The Bertz CT molecular complexity index is 1380. The summed E-state index contributed by atoms with van der Waals surface area (Å²) >= 11 is 5.97. The molecular formula is C29H38ClFN8O2. The molecule has 0 aliphatic carbocycles. The van der Waals surface area contributed by atoms with Crippen molar-refractivity contribution in [1.82, 2.24) is 19.9 Å². The lowest BCUT2D eigenvalue weighted by molar-refractivity contribution is 0.0793. The summed E-state index contributed by atoms with van der Waals surface area (Å²) in [5, 5.41) is 20.2. The number of methoxy groups -OCH3 is 1. The van der Waals surface area contributed by atoms with Gasteiger partial charge in [0.15, 0.2) is 0 Å². The van der Waals surface area contributed by atoms with Gasteiger partial charge in [0.1, 0.15) is 17.9 Å². The highest BCUT2D eigenvalue weighted by Crippen LogP contribution is 2.41. The van der Waals surface area contributed by atoms with Gasteiger partial charge in [0.25, 0.3) is 0 Å². The highest BCUT2D eigenvalue weighted by atomic mass is 35.5. The molecule has 41 heavy (non-hydrogen) atoms. The number of nitrogens with zero attached hydrogens (tertiary/aromatic N) is 5. The smallest absolute Gasteiger partial charge is 0.232 e. The molecule has 2 heterocycles. The summed E-state index contributed by atoms with van der Waals surface area (Å²) in [5.41, 5.74) is 2.02. The quantitative estimate of drug-likeness (QED) is 0.203. The molecule has 1 saturated heterocycles. The molecule has 220 valence electrons. The van der Waals surface area contributed by atoms with Crippen molar-refractivity contribution >= 4 is 46.2 Å². The van der Waals surface area contributed by atoms with Gasteiger partial charge in [-0.2, -0.15) is 4.98 Å². The van der Waals surface area contributed by atoms with Gasteiger partial charge in [-0.3, -0.25) is 0 Å². The molecule has 1 aromatic heterocycles. The van der Waals surface area contributed by atoms with E-state index in [-0.39, 0.29) is 22.6 Å². The van der Waals surface area contributed by atoms with E-state index in [0.717, 1.165) is 37.3 Å². The van der Waals surface area contributed by atoms with E-state index in [1.807, 2.05) is 18.2 Å². The molecule has 3 aromatic rings. The predicted molar refractivity (Wildman–Crippen MR) is 164 cm³/mol. The third-order valence-electron chi connectivity index (χ3n) is 6.80. The van der Waals surface area contributed by atoms with Crippen molar-refractivity contribution in [2.45, 2.75) is 38.3 Å². The van der Waals surface area contributed by atoms with Gasteiger partial charge in [-0.05, 0) is 59.0 Å². The summed E-state index contributed by atoms with van der Waals surface area (Å²) in [6.07, 6.45) is 5.39. The lowest BCUT2D eigenvalue weighted by Crippen LogP contribution is -2.38. The van der Waals surface area contributed by atoms with Crippen molar-refractivity contribution in [2.75, 3.05) is 61.7 Å². The number of likely N-dealkylation sites (N-methyl/N-ethyl adjacent to an activating group) is 1. The van der Waals surface area contributed by atoms with Gasteiger partial charge in [-0.1, -0.05) is 17.7 Å². The summed E-state index contributed by atoms with van der Waals surface area (Å²) in [5.74, 6) is 0.386. The number of hydrogen-bond donors (Lipinski definition) is 4. The van der Waals surface area contributed by atoms with Crippen molar-refractivity contribution in [3.63, 3.8) is 0 Å². The molecule has 1 fully saturated rings. The van der Waals surface area contributed by atoms with Crippen LogP contribution >= 0.6 is 11.6 Å². The Labute approximate surface area is 245 Å². The largest absolute Gasteiger partial charge is 0.494 e. The van der Waals surface area contributed by atoms with Crippen LogP contribution in [0.25, 0.3) is 0 Å². The minimum atomic E-state index is -1.29. The van der Waals surface area contributed by atoms with Crippen LogP contribution in [0.4, 0.5) is 39.0 Å². The number of ether oxygens (including phenoxy) is 1. The first-order chi connectivity index (χ1) is 19.5. The minimum Gasteiger partial charge on any atom is -0.494 e. The maximum atomic E-state index is 14.3. The Balaban J connectivity index is 1.65. The molecular weight excluding hydrogens is 547 g/mol. The first kappa shape index (κ1) is 30.3. The van der Waals surface area contributed by atoms with Gasteiger partial charge >= 0.3 is 0 Å². The van der Waals surface area contributed by atoms with Crippen LogP contribution in [0.2, 0.25) is 5.02 Å². The maximum absolute atomic E-state index is 14.3. The number of aromatic nitrogens is 3. The second-order valence-electron chi connectivity index (χ2n) is 10.7. The van der Waals surface area contributed by atoms with Gasteiger partial charge < -0.3 is 35.6 Å². The van der Waals surface area contributed by atoms with E-state index in [0.29, 0.717) is 29.6 Å². The van der Waals surface area contributed by atoms with Crippen LogP contribution in [0.1, 0.15) is 32.3 Å². The standard InChI is InChI=1S/C29H38ClFN8O2/c1-7-10-32-23-14-24(26(41-6)15-25(23)39-11-8-9-18(39)16-38(4)5)36-28-34-17-33-27(37-28)35-22-13-21(31)20(30)12-19(22)29(2,3)40/h7,12-15,17-18,32,40H,1,8-11,16H2,2-6H3,(H2,33,34,35,36,37)/t18-/m1/s1. The number of aliphatic hydroxyl groups is 1. The van der Waals surface area contributed by atoms with Crippen LogP contribution in [-0.4, -0.2) is 71.8 Å². The Morgan fingerprint density at radius 3 is 2.51 bits per heavy atom. The Morgan fingerprint density at radius 1 is 1.17 bits per heavy atom. The van der Waals surface area contributed by atoms with Gasteiger partial charge in [-0.25, -0.2) is 14.4 Å². The van der Waals surface area contributed by atoms with Crippen molar-refractivity contribution in [3.05, 3.63) is 59.7 Å². The molecule has 0 radical (unpaired) electrons. The highest BCUT2D eigenvalue weighted by Gasteiger charge is 2.28. The molecule has 0 unspecified atom stereocenters. The number of halogens is 2. The Hall–Kier alpha value is -3.67. The lowest BCUT2D eigenvalue weighted by atomic mass is 9.96. The average molecular weight is 585 g/mol. The third kappa shape index (κ3) is 7.35. The van der Waals surface area contributed by atoms with Crippen LogP contribution in [0.5, 0.6) is 5.75 Å². The molecule has 0 saturated carbocycles. The molecule has 2 aromatic carbocycles. The van der Waals surface area contributed by atoms with Crippen LogP contribution in [0.15, 0.2) is 43.2 Å². The van der Waals surface area contributed by atoms with Crippen LogP contribution in [-0.2, 0) is 5.60 Å². The van der Waals surface area contributed by atoms with E-state index in [4.69, 9.17) is 16.3 Å². The van der Waals surface area contributed by atoms with E-state index in [9.17, 15) is 9.50 Å². The molecule has 4 rings (SSSR count). The molecule has 12 heteroatoms. The molecule has 1 aliphatic heterocycles.